The van der Waals surface area contributed by atoms with E-state index in [4.69, 9.17) is 0 Å². The Kier molecular flexibility index (Phi) is 4.42. The Morgan fingerprint density at radius 2 is 2.00 bits per heavy atom. The first-order valence-electron chi connectivity index (χ1n) is 8.10. The molecule has 2 aromatic heterocycles. The SMILES string of the molecule is O=c1c2c(-c3ccccc3)csc2ncn1/N=C/c1ccc(O)c([N+](=O)[O-])c1. The number of aromatic hydroxyl groups is 1. The molecule has 4 rings (SSSR count). The molecule has 0 saturated carbocycles. The normalized spacial score (nSPS) is 11.3. The highest BCUT2D eigenvalue weighted by Gasteiger charge is 2.14. The van der Waals surface area contributed by atoms with Crippen molar-refractivity contribution in [1.29, 1.82) is 0 Å². The Bertz CT molecular complexity index is 1280. The molecule has 0 bridgehead atoms. The van der Waals surface area contributed by atoms with Gasteiger partial charge in [-0.05, 0) is 17.7 Å². The molecule has 0 atom stereocenters. The maximum absolute atomic E-state index is 12.9. The van der Waals surface area contributed by atoms with E-state index in [0.29, 0.717) is 15.8 Å². The zero-order valence-electron chi connectivity index (χ0n) is 14.2. The van der Waals surface area contributed by atoms with E-state index in [-0.39, 0.29) is 5.56 Å². The van der Waals surface area contributed by atoms with Crippen molar-refractivity contribution in [3.63, 3.8) is 0 Å². The maximum Gasteiger partial charge on any atom is 0.311 e. The molecule has 0 aliphatic heterocycles. The third-order valence-electron chi connectivity index (χ3n) is 4.09. The van der Waals surface area contributed by atoms with Gasteiger partial charge in [0.15, 0.2) is 5.75 Å². The van der Waals surface area contributed by atoms with Gasteiger partial charge >= 0.3 is 5.69 Å². The number of thiophene rings is 1. The third kappa shape index (κ3) is 3.14. The number of hydrogen-bond acceptors (Lipinski definition) is 7. The Morgan fingerprint density at radius 3 is 2.75 bits per heavy atom. The monoisotopic (exact) mass is 392 g/mol. The van der Waals surface area contributed by atoms with Crippen molar-refractivity contribution in [2.75, 3.05) is 0 Å². The van der Waals surface area contributed by atoms with Gasteiger partial charge in [-0.3, -0.25) is 14.9 Å². The Balaban J connectivity index is 1.77. The van der Waals surface area contributed by atoms with Crippen LogP contribution in [-0.4, -0.2) is 25.9 Å². The first kappa shape index (κ1) is 17.6. The second-order valence-corrected chi connectivity index (χ2v) is 6.70. The lowest BCUT2D eigenvalue weighted by atomic mass is 10.1. The molecule has 0 unspecified atom stereocenters. The Hall–Kier alpha value is -3.85. The summed E-state index contributed by atoms with van der Waals surface area (Å²) in [6, 6.07) is 13.4. The molecule has 0 saturated heterocycles. The number of phenols is 1. The lowest BCUT2D eigenvalue weighted by Gasteiger charge is -2.01. The van der Waals surface area contributed by atoms with Gasteiger partial charge in [0.2, 0.25) is 0 Å². The van der Waals surface area contributed by atoms with Crippen molar-refractivity contribution in [1.82, 2.24) is 9.66 Å². The van der Waals surface area contributed by atoms with Crippen LogP contribution in [0.1, 0.15) is 5.56 Å². The van der Waals surface area contributed by atoms with Gasteiger partial charge in [-0.2, -0.15) is 9.78 Å². The molecule has 1 N–H and O–H groups in total. The summed E-state index contributed by atoms with van der Waals surface area (Å²) in [7, 11) is 0. The summed E-state index contributed by atoms with van der Waals surface area (Å²) in [5.74, 6) is -0.437. The van der Waals surface area contributed by atoms with Crippen molar-refractivity contribution in [3.8, 4) is 16.9 Å². The summed E-state index contributed by atoms with van der Waals surface area (Å²) in [6.45, 7) is 0. The fourth-order valence-corrected chi connectivity index (χ4v) is 3.64. The summed E-state index contributed by atoms with van der Waals surface area (Å²) < 4.78 is 1.08. The standard InChI is InChI=1S/C19H12N4O4S/c24-16-7-6-12(8-15(16)23(26)27)9-21-22-11-20-18-17(19(22)25)14(10-28-18)13-4-2-1-3-5-13/h1-11,24H/b21-9+. The number of nitro groups is 1. The highest BCUT2D eigenvalue weighted by atomic mass is 32.1. The highest BCUT2D eigenvalue weighted by Crippen LogP contribution is 2.30. The average Bonchev–Trinajstić information content (AvgIpc) is 3.14. The molecule has 0 spiro atoms. The zero-order chi connectivity index (χ0) is 19.7. The Morgan fingerprint density at radius 1 is 1.21 bits per heavy atom. The molecule has 2 aromatic carbocycles. The lowest BCUT2D eigenvalue weighted by molar-refractivity contribution is -0.385. The largest absolute Gasteiger partial charge is 0.502 e. The summed E-state index contributed by atoms with van der Waals surface area (Å²) >= 11 is 1.37. The van der Waals surface area contributed by atoms with E-state index in [1.807, 2.05) is 35.7 Å². The summed E-state index contributed by atoms with van der Waals surface area (Å²) in [4.78, 5) is 28.0. The van der Waals surface area contributed by atoms with Crippen LogP contribution in [0.15, 0.2) is 70.1 Å². The molecule has 2 heterocycles. The van der Waals surface area contributed by atoms with Crippen LogP contribution in [0.5, 0.6) is 5.75 Å². The minimum absolute atomic E-state index is 0.338. The molecule has 8 nitrogen and oxygen atoms in total. The predicted octanol–water partition coefficient (Wildman–Crippen LogP) is 3.62. The molecular formula is C19H12N4O4S. The molecule has 138 valence electrons. The molecule has 28 heavy (non-hydrogen) atoms. The number of rotatable bonds is 4. The van der Waals surface area contributed by atoms with E-state index in [0.717, 1.165) is 15.8 Å². The van der Waals surface area contributed by atoms with E-state index in [1.165, 1.54) is 42.1 Å². The molecule has 0 amide bonds. The minimum atomic E-state index is -0.691. The smallest absolute Gasteiger partial charge is 0.311 e. The van der Waals surface area contributed by atoms with Gasteiger partial charge in [-0.25, -0.2) is 4.98 Å². The predicted molar refractivity (Wildman–Crippen MR) is 107 cm³/mol. The topological polar surface area (TPSA) is 111 Å². The van der Waals surface area contributed by atoms with E-state index < -0.39 is 16.4 Å². The molecular weight excluding hydrogens is 380 g/mol. The highest BCUT2D eigenvalue weighted by molar-refractivity contribution is 7.17. The molecule has 0 radical (unpaired) electrons. The van der Waals surface area contributed by atoms with Crippen LogP contribution >= 0.6 is 11.3 Å². The van der Waals surface area contributed by atoms with E-state index in [9.17, 15) is 20.0 Å². The fourth-order valence-electron chi connectivity index (χ4n) is 2.73. The van der Waals surface area contributed by atoms with Crippen LogP contribution in [0.4, 0.5) is 5.69 Å². The van der Waals surface area contributed by atoms with Gasteiger partial charge in [-0.15, -0.1) is 11.3 Å². The van der Waals surface area contributed by atoms with Crippen molar-refractivity contribution in [3.05, 3.63) is 86.3 Å². The first-order chi connectivity index (χ1) is 13.5. The lowest BCUT2D eigenvalue weighted by Crippen LogP contribution is -2.16. The Labute approximate surface area is 161 Å². The fraction of sp³-hybridized carbons (Fsp3) is 0. The maximum atomic E-state index is 12.9. The number of phenolic OH excluding ortho intramolecular Hbond substituents is 1. The van der Waals surface area contributed by atoms with Gasteiger partial charge in [0.05, 0.1) is 16.5 Å². The van der Waals surface area contributed by atoms with Gasteiger partial charge < -0.3 is 5.11 Å². The molecule has 4 aromatic rings. The molecule has 0 aliphatic rings. The van der Waals surface area contributed by atoms with E-state index in [1.54, 1.807) is 0 Å². The van der Waals surface area contributed by atoms with Crippen LogP contribution in [0.3, 0.4) is 0 Å². The van der Waals surface area contributed by atoms with E-state index >= 15 is 0 Å². The van der Waals surface area contributed by atoms with Crippen LogP contribution < -0.4 is 5.56 Å². The summed E-state index contributed by atoms with van der Waals surface area (Å²) in [5.41, 5.74) is 1.28. The van der Waals surface area contributed by atoms with Gasteiger partial charge in [0.1, 0.15) is 11.2 Å². The van der Waals surface area contributed by atoms with Crippen LogP contribution in [-0.2, 0) is 0 Å². The van der Waals surface area contributed by atoms with Gasteiger partial charge in [0, 0.05) is 22.6 Å². The van der Waals surface area contributed by atoms with Crippen LogP contribution in [0.25, 0.3) is 21.3 Å². The first-order valence-corrected chi connectivity index (χ1v) is 8.98. The quantitative estimate of drug-likeness (QED) is 0.324. The van der Waals surface area contributed by atoms with Crippen LogP contribution in [0.2, 0.25) is 0 Å². The van der Waals surface area contributed by atoms with Gasteiger partial charge in [-0.1, -0.05) is 30.3 Å². The molecule has 0 aliphatic carbocycles. The van der Waals surface area contributed by atoms with Crippen molar-refractivity contribution < 1.29 is 10.0 Å². The number of hydrogen-bond donors (Lipinski definition) is 1. The number of aromatic nitrogens is 2. The second-order valence-electron chi connectivity index (χ2n) is 5.84. The second kappa shape index (κ2) is 7.05. The summed E-state index contributed by atoms with van der Waals surface area (Å²) in [6.07, 6.45) is 2.61. The zero-order valence-corrected chi connectivity index (χ0v) is 15.0. The number of nitrogens with zero attached hydrogens (tertiary/aromatic N) is 4. The van der Waals surface area contributed by atoms with Crippen molar-refractivity contribution in [2.45, 2.75) is 0 Å². The van der Waals surface area contributed by atoms with Crippen molar-refractivity contribution >= 4 is 33.5 Å². The minimum Gasteiger partial charge on any atom is -0.502 e. The summed E-state index contributed by atoms with van der Waals surface area (Å²) in [5, 5.41) is 26.9. The van der Waals surface area contributed by atoms with Crippen LogP contribution in [0, 0.1) is 10.1 Å². The number of nitro benzene ring substituents is 1. The average molecular weight is 392 g/mol. The molecule has 0 fully saturated rings. The van der Waals surface area contributed by atoms with E-state index in [2.05, 4.69) is 10.1 Å². The molecule has 9 heteroatoms. The number of benzene rings is 2. The van der Waals surface area contributed by atoms with Crippen molar-refractivity contribution in [2.24, 2.45) is 5.10 Å². The third-order valence-corrected chi connectivity index (χ3v) is 4.98. The van der Waals surface area contributed by atoms with Gasteiger partial charge in [0.25, 0.3) is 5.56 Å². The number of fused-ring (bicyclic) bond motifs is 1.